The fourth-order valence-corrected chi connectivity index (χ4v) is 0.513. The summed E-state index contributed by atoms with van der Waals surface area (Å²) in [4.78, 5) is 0. The van der Waals surface area contributed by atoms with Gasteiger partial charge in [0.2, 0.25) is 0 Å². The summed E-state index contributed by atoms with van der Waals surface area (Å²) in [5, 5.41) is 16.9. The minimum atomic E-state index is 0.0272. The summed E-state index contributed by atoms with van der Waals surface area (Å²) >= 11 is 3.99. The Kier molecular flexibility index (Phi) is 5.64. The van der Waals surface area contributed by atoms with Crippen LogP contribution in [0.1, 0.15) is 0 Å². The van der Waals surface area contributed by atoms with Crippen LogP contribution in [0.25, 0.3) is 0 Å². The summed E-state index contributed by atoms with van der Waals surface area (Å²) in [5.41, 5.74) is 0. The van der Waals surface area contributed by atoms with Gasteiger partial charge in [-0.2, -0.15) is 0 Å². The Bertz CT molecular complexity index is 88.2. The quantitative estimate of drug-likeness (QED) is 0.738. The molecule has 0 unspecified atom stereocenters. The third kappa shape index (κ3) is 3.21. The van der Waals surface area contributed by atoms with Crippen molar-refractivity contribution >= 4 is 45.2 Å². The van der Waals surface area contributed by atoms with Crippen LogP contribution in [0.4, 0.5) is 0 Å². The Labute approximate surface area is 75.3 Å². The lowest BCUT2D eigenvalue weighted by Crippen LogP contribution is -1.87. The smallest absolute Gasteiger partial charge is 0.0747 e. The van der Waals surface area contributed by atoms with Gasteiger partial charge < -0.3 is 10.2 Å². The third-order valence-electron chi connectivity index (χ3n) is 0.572. The summed E-state index contributed by atoms with van der Waals surface area (Å²) < 4.78 is 1.62. The van der Waals surface area contributed by atoms with E-state index in [4.69, 9.17) is 10.2 Å². The van der Waals surface area contributed by atoms with Crippen molar-refractivity contribution in [1.82, 2.24) is 0 Å². The summed E-state index contributed by atoms with van der Waals surface area (Å²) in [7, 11) is 0. The van der Waals surface area contributed by atoms with Gasteiger partial charge >= 0.3 is 0 Å². The number of hydrogen-bond donors (Lipinski definition) is 2. The number of hydrogen-bond acceptors (Lipinski definition) is 2. The Balaban J connectivity index is 3.83. The van der Waals surface area contributed by atoms with Gasteiger partial charge in [0.15, 0.2) is 0 Å². The maximum atomic E-state index is 8.46. The van der Waals surface area contributed by atoms with Crippen LogP contribution in [0.15, 0.2) is 7.16 Å². The predicted molar refractivity (Wildman–Crippen MR) is 49.2 cm³/mol. The van der Waals surface area contributed by atoms with E-state index in [1.165, 1.54) is 0 Å². The highest BCUT2D eigenvalue weighted by atomic mass is 127. The van der Waals surface area contributed by atoms with Crippen LogP contribution < -0.4 is 0 Å². The fourth-order valence-electron chi connectivity index (χ4n) is 0.172. The molecule has 0 aromatic carbocycles. The van der Waals surface area contributed by atoms with Crippen molar-refractivity contribution in [1.29, 1.82) is 0 Å². The van der Waals surface area contributed by atoms with Gasteiger partial charge in [-0.15, -0.1) is 0 Å². The molecule has 0 radical (unpaired) electrons. The zero-order valence-corrected chi connectivity index (χ0v) is 8.38. The summed E-state index contributed by atoms with van der Waals surface area (Å²) in [5.74, 6) is 0. The van der Waals surface area contributed by atoms with E-state index in [9.17, 15) is 0 Å². The van der Waals surface area contributed by atoms with Crippen LogP contribution >= 0.6 is 45.2 Å². The number of rotatable bonds is 2. The predicted octanol–water partition coefficient (Wildman–Crippen LogP) is 1.05. The van der Waals surface area contributed by atoms with Gasteiger partial charge in [0, 0.05) is 7.16 Å². The molecule has 0 atom stereocenters. The fraction of sp³-hybridized carbons (Fsp3) is 0.500. The van der Waals surface area contributed by atoms with Crippen molar-refractivity contribution in [2.45, 2.75) is 0 Å². The molecule has 0 heterocycles. The van der Waals surface area contributed by atoms with E-state index in [2.05, 4.69) is 0 Å². The summed E-state index contributed by atoms with van der Waals surface area (Å²) in [6.45, 7) is 0.0544. The lowest BCUT2D eigenvalue weighted by atomic mass is 10.5. The average molecular weight is 340 g/mol. The Morgan fingerprint density at radius 1 is 1.00 bits per heavy atom. The van der Waals surface area contributed by atoms with Gasteiger partial charge in [0.05, 0.1) is 13.2 Å². The van der Waals surface area contributed by atoms with Crippen molar-refractivity contribution in [2.75, 3.05) is 13.2 Å². The average Bonchev–Trinajstić information content (AvgIpc) is 1.84. The lowest BCUT2D eigenvalue weighted by Gasteiger charge is -1.94. The van der Waals surface area contributed by atoms with Gasteiger partial charge in [-0.1, -0.05) is 0 Å². The zero-order chi connectivity index (χ0) is 6.57. The molecule has 4 heteroatoms. The molecule has 0 spiro atoms. The number of aliphatic hydroxyl groups excluding tert-OH is 2. The molecule has 8 heavy (non-hydrogen) atoms. The molecule has 0 aliphatic carbocycles. The van der Waals surface area contributed by atoms with Crippen LogP contribution in [-0.2, 0) is 0 Å². The normalized spacial score (nSPS) is 13.5. The second kappa shape index (κ2) is 4.95. The molecule has 0 amide bonds. The Hall–Kier alpha value is 1.12. The van der Waals surface area contributed by atoms with E-state index in [1.807, 2.05) is 45.2 Å². The third-order valence-corrected chi connectivity index (χ3v) is 3.59. The number of halogens is 2. The molecule has 0 aliphatic rings. The van der Waals surface area contributed by atoms with E-state index in [1.54, 1.807) is 0 Å². The van der Waals surface area contributed by atoms with Gasteiger partial charge in [0.25, 0.3) is 0 Å². The molecular formula is C4H6I2O2. The van der Waals surface area contributed by atoms with Crippen molar-refractivity contribution in [3.63, 3.8) is 0 Å². The molecule has 0 saturated carbocycles. The molecule has 0 aromatic heterocycles. The molecule has 0 bridgehead atoms. The van der Waals surface area contributed by atoms with Crippen molar-refractivity contribution in [3.05, 3.63) is 7.16 Å². The maximum Gasteiger partial charge on any atom is 0.0747 e. The molecular weight excluding hydrogens is 334 g/mol. The molecule has 0 rings (SSSR count). The molecule has 0 fully saturated rings. The van der Waals surface area contributed by atoms with E-state index < -0.39 is 0 Å². The second-order valence-corrected chi connectivity index (χ2v) is 3.73. The molecule has 2 nitrogen and oxygen atoms in total. The summed E-state index contributed by atoms with van der Waals surface area (Å²) in [6.07, 6.45) is 0. The first kappa shape index (κ1) is 9.12. The molecule has 0 aromatic rings. The van der Waals surface area contributed by atoms with Gasteiger partial charge in [-0.05, 0) is 45.2 Å². The molecule has 0 aliphatic heterocycles. The van der Waals surface area contributed by atoms with Crippen molar-refractivity contribution in [3.8, 4) is 0 Å². The van der Waals surface area contributed by atoms with Crippen molar-refractivity contribution < 1.29 is 10.2 Å². The Morgan fingerprint density at radius 2 is 1.25 bits per heavy atom. The van der Waals surface area contributed by atoms with Crippen LogP contribution in [-0.4, -0.2) is 23.4 Å². The highest BCUT2D eigenvalue weighted by molar-refractivity contribution is 14.1. The topological polar surface area (TPSA) is 40.5 Å². The van der Waals surface area contributed by atoms with Gasteiger partial charge in [0.1, 0.15) is 0 Å². The standard InChI is InChI=1S/C4H6I2O2/c5-3(1-7)4(6)2-8/h7-8H,1-2H2/b4-3+. The van der Waals surface area contributed by atoms with Crippen LogP contribution in [0.2, 0.25) is 0 Å². The first-order chi connectivity index (χ1) is 3.72. The molecule has 2 N–H and O–H groups in total. The molecule has 0 saturated heterocycles. The van der Waals surface area contributed by atoms with Crippen LogP contribution in [0, 0.1) is 0 Å². The molecule has 48 valence electrons. The maximum absolute atomic E-state index is 8.46. The largest absolute Gasteiger partial charge is 0.391 e. The van der Waals surface area contributed by atoms with Gasteiger partial charge in [-0.3, -0.25) is 0 Å². The highest BCUT2D eigenvalue weighted by Gasteiger charge is 1.94. The first-order valence-electron chi connectivity index (χ1n) is 1.97. The zero-order valence-electron chi connectivity index (χ0n) is 4.06. The Morgan fingerprint density at radius 3 is 1.38 bits per heavy atom. The van der Waals surface area contributed by atoms with E-state index in [0.29, 0.717) is 0 Å². The van der Waals surface area contributed by atoms with E-state index >= 15 is 0 Å². The monoisotopic (exact) mass is 340 g/mol. The SMILES string of the molecule is OC/C(I)=C(\I)CO. The van der Waals surface area contributed by atoms with E-state index in [-0.39, 0.29) is 13.2 Å². The minimum absolute atomic E-state index is 0.0272. The van der Waals surface area contributed by atoms with Crippen LogP contribution in [0.5, 0.6) is 0 Å². The highest BCUT2D eigenvalue weighted by Crippen LogP contribution is 2.16. The second-order valence-electron chi connectivity index (χ2n) is 1.13. The van der Waals surface area contributed by atoms with Crippen LogP contribution in [0.3, 0.4) is 0 Å². The first-order valence-corrected chi connectivity index (χ1v) is 4.13. The van der Waals surface area contributed by atoms with Crippen molar-refractivity contribution in [2.24, 2.45) is 0 Å². The minimum Gasteiger partial charge on any atom is -0.391 e. The lowest BCUT2D eigenvalue weighted by molar-refractivity contribution is 0.326. The van der Waals surface area contributed by atoms with E-state index in [0.717, 1.165) is 7.16 Å². The number of aliphatic hydroxyl groups is 2. The van der Waals surface area contributed by atoms with Gasteiger partial charge in [-0.25, -0.2) is 0 Å². The summed E-state index contributed by atoms with van der Waals surface area (Å²) in [6, 6.07) is 0.